The average molecular weight is 442 g/mol. The lowest BCUT2D eigenvalue weighted by Crippen LogP contribution is -2.49. The highest BCUT2D eigenvalue weighted by Gasteiger charge is 2.45. The molecular formula is C25H32FN3O3. The van der Waals surface area contributed by atoms with Crippen molar-refractivity contribution in [2.24, 2.45) is 11.8 Å². The molecule has 1 aliphatic carbocycles. The van der Waals surface area contributed by atoms with E-state index in [1.165, 1.54) is 19.2 Å². The molecule has 0 unspecified atom stereocenters. The Bertz CT molecular complexity index is 917. The first-order valence-corrected chi connectivity index (χ1v) is 11.4. The molecule has 2 aliphatic heterocycles. The van der Waals surface area contributed by atoms with E-state index in [1.807, 2.05) is 26.0 Å². The van der Waals surface area contributed by atoms with E-state index in [0.717, 1.165) is 50.4 Å². The van der Waals surface area contributed by atoms with Gasteiger partial charge in [-0.1, -0.05) is 18.2 Å². The van der Waals surface area contributed by atoms with Gasteiger partial charge in [0.05, 0.1) is 18.6 Å². The van der Waals surface area contributed by atoms with E-state index in [4.69, 9.17) is 4.74 Å². The number of allylic oxidation sites excluding steroid dienone is 1. The van der Waals surface area contributed by atoms with Gasteiger partial charge < -0.3 is 9.64 Å². The Balaban J connectivity index is 1.38. The summed E-state index contributed by atoms with van der Waals surface area (Å²) in [6.07, 6.45) is 4.55. The van der Waals surface area contributed by atoms with Crippen LogP contribution in [-0.2, 0) is 20.9 Å². The molecule has 0 spiro atoms. The molecule has 0 aromatic heterocycles. The number of fused-ring (bicyclic) bond motifs is 1. The van der Waals surface area contributed by atoms with Crippen molar-refractivity contribution in [1.29, 1.82) is 0 Å². The molecule has 172 valence electrons. The third-order valence-electron chi connectivity index (χ3n) is 6.80. The van der Waals surface area contributed by atoms with Crippen LogP contribution in [0.4, 0.5) is 4.39 Å². The number of piperazine rings is 1. The van der Waals surface area contributed by atoms with Crippen molar-refractivity contribution < 1.29 is 18.7 Å². The van der Waals surface area contributed by atoms with Gasteiger partial charge in [0.15, 0.2) is 0 Å². The maximum atomic E-state index is 13.3. The number of benzene rings is 1. The molecular weight excluding hydrogens is 409 g/mol. The van der Waals surface area contributed by atoms with Crippen LogP contribution in [0.3, 0.4) is 0 Å². The summed E-state index contributed by atoms with van der Waals surface area (Å²) < 4.78 is 18.1. The zero-order valence-electron chi connectivity index (χ0n) is 19.1. The molecule has 0 bridgehead atoms. The van der Waals surface area contributed by atoms with E-state index < -0.39 is 0 Å². The van der Waals surface area contributed by atoms with Crippen molar-refractivity contribution in [3.8, 4) is 0 Å². The molecule has 2 atom stereocenters. The number of esters is 1. The van der Waals surface area contributed by atoms with E-state index in [2.05, 4.69) is 15.9 Å². The van der Waals surface area contributed by atoms with E-state index >= 15 is 0 Å². The first-order valence-electron chi connectivity index (χ1n) is 11.4. The summed E-state index contributed by atoms with van der Waals surface area (Å²) in [4.78, 5) is 32.1. The highest BCUT2D eigenvalue weighted by atomic mass is 19.1. The summed E-state index contributed by atoms with van der Waals surface area (Å²) in [6, 6.07) is 6.68. The molecule has 1 amide bonds. The largest absolute Gasteiger partial charge is 0.466 e. The normalized spacial score (nSPS) is 24.4. The van der Waals surface area contributed by atoms with Crippen LogP contribution in [0.2, 0.25) is 0 Å². The van der Waals surface area contributed by atoms with Crippen molar-refractivity contribution in [3.05, 3.63) is 59.1 Å². The van der Waals surface area contributed by atoms with Crippen molar-refractivity contribution >= 4 is 11.9 Å². The molecule has 2 heterocycles. The molecule has 1 saturated heterocycles. The SMILES string of the molecule is COC(=O)C1=CN(C(C)C)C(=O)[C@@H]2C(CN3CCN(Cc4ccc(F)cc4)CC3)=CC[C@H]12. The Morgan fingerprint density at radius 3 is 2.31 bits per heavy atom. The first kappa shape index (κ1) is 22.7. The fourth-order valence-corrected chi connectivity index (χ4v) is 5.01. The second kappa shape index (κ2) is 9.55. The Kier molecular flexibility index (Phi) is 6.76. The van der Waals surface area contributed by atoms with Gasteiger partial charge in [-0.05, 0) is 43.5 Å². The van der Waals surface area contributed by atoms with Gasteiger partial charge in [-0.2, -0.15) is 0 Å². The minimum atomic E-state index is -0.345. The summed E-state index contributed by atoms with van der Waals surface area (Å²) in [5.74, 6) is -0.882. The molecule has 32 heavy (non-hydrogen) atoms. The highest BCUT2D eigenvalue weighted by Crippen LogP contribution is 2.42. The minimum absolute atomic E-state index is 0.0139. The van der Waals surface area contributed by atoms with Gasteiger partial charge in [0.1, 0.15) is 5.82 Å². The maximum absolute atomic E-state index is 13.3. The highest BCUT2D eigenvalue weighted by molar-refractivity contribution is 5.95. The number of hydrogen-bond donors (Lipinski definition) is 0. The number of halogens is 1. The quantitative estimate of drug-likeness (QED) is 0.502. The third kappa shape index (κ3) is 4.64. The summed E-state index contributed by atoms with van der Waals surface area (Å²) in [6.45, 7) is 9.17. The number of ether oxygens (including phenoxy) is 1. The van der Waals surface area contributed by atoms with Gasteiger partial charge in [-0.3, -0.25) is 14.6 Å². The predicted octanol–water partition coefficient (Wildman–Crippen LogP) is 2.81. The Morgan fingerprint density at radius 1 is 1.09 bits per heavy atom. The standard InChI is InChI=1S/C25H32FN3O3/c1-17(2)29-16-22(25(31)32-3)21-9-6-19(23(21)24(29)30)15-28-12-10-27(11-13-28)14-18-4-7-20(26)8-5-18/h4-8,16-17,21,23H,9-15H2,1-3H3/t21-,23-/m1/s1. The molecule has 1 aromatic rings. The smallest absolute Gasteiger partial charge is 0.335 e. The van der Waals surface area contributed by atoms with Crippen LogP contribution in [0.1, 0.15) is 25.8 Å². The van der Waals surface area contributed by atoms with Crippen molar-refractivity contribution in [2.75, 3.05) is 39.8 Å². The van der Waals surface area contributed by atoms with Crippen molar-refractivity contribution in [3.63, 3.8) is 0 Å². The van der Waals surface area contributed by atoms with Gasteiger partial charge in [0, 0.05) is 57.4 Å². The van der Waals surface area contributed by atoms with Crippen LogP contribution in [0.15, 0.2) is 47.7 Å². The summed E-state index contributed by atoms with van der Waals surface area (Å²) >= 11 is 0. The number of carbonyl (C=O) groups is 2. The van der Waals surface area contributed by atoms with Crippen molar-refractivity contribution in [2.45, 2.75) is 32.9 Å². The number of amides is 1. The molecule has 0 radical (unpaired) electrons. The maximum Gasteiger partial charge on any atom is 0.335 e. The molecule has 0 saturated carbocycles. The second-order valence-corrected chi connectivity index (χ2v) is 9.19. The zero-order valence-corrected chi connectivity index (χ0v) is 19.1. The van der Waals surface area contributed by atoms with E-state index in [1.54, 1.807) is 11.1 Å². The zero-order chi connectivity index (χ0) is 22.8. The van der Waals surface area contributed by atoms with Gasteiger partial charge in [-0.25, -0.2) is 9.18 Å². The number of hydrogen-bond acceptors (Lipinski definition) is 5. The summed E-state index contributed by atoms with van der Waals surface area (Å²) in [7, 11) is 1.39. The van der Waals surface area contributed by atoms with Gasteiger partial charge in [0.2, 0.25) is 5.91 Å². The minimum Gasteiger partial charge on any atom is -0.466 e. The van der Waals surface area contributed by atoms with Gasteiger partial charge in [0.25, 0.3) is 0 Å². The monoisotopic (exact) mass is 441 g/mol. The van der Waals surface area contributed by atoms with Crippen LogP contribution in [0.25, 0.3) is 0 Å². The Hall–Kier alpha value is -2.51. The summed E-state index contributed by atoms with van der Waals surface area (Å²) in [5, 5.41) is 0. The van der Waals surface area contributed by atoms with E-state index in [-0.39, 0.29) is 35.6 Å². The number of carbonyl (C=O) groups excluding carboxylic acids is 2. The first-order chi connectivity index (χ1) is 15.4. The van der Waals surface area contributed by atoms with E-state index in [9.17, 15) is 14.0 Å². The predicted molar refractivity (Wildman–Crippen MR) is 120 cm³/mol. The molecule has 1 aromatic carbocycles. The molecule has 1 fully saturated rings. The molecule has 4 rings (SSSR count). The van der Waals surface area contributed by atoms with Gasteiger partial charge in [-0.15, -0.1) is 0 Å². The van der Waals surface area contributed by atoms with Crippen LogP contribution in [0, 0.1) is 17.7 Å². The lowest BCUT2D eigenvalue weighted by Gasteiger charge is -2.38. The number of rotatable bonds is 6. The Morgan fingerprint density at radius 2 is 1.72 bits per heavy atom. The molecule has 3 aliphatic rings. The lowest BCUT2D eigenvalue weighted by molar-refractivity contribution is -0.139. The lowest BCUT2D eigenvalue weighted by atomic mass is 9.81. The summed E-state index contributed by atoms with van der Waals surface area (Å²) in [5.41, 5.74) is 2.83. The molecule has 6 nitrogen and oxygen atoms in total. The third-order valence-corrected chi connectivity index (χ3v) is 6.80. The van der Waals surface area contributed by atoms with Crippen LogP contribution < -0.4 is 0 Å². The Labute approximate surface area is 189 Å². The fourth-order valence-electron chi connectivity index (χ4n) is 5.01. The fraction of sp³-hybridized carbons (Fsp3) is 0.520. The number of methoxy groups -OCH3 is 1. The molecule has 0 N–H and O–H groups in total. The topological polar surface area (TPSA) is 53.1 Å². The second-order valence-electron chi connectivity index (χ2n) is 9.19. The van der Waals surface area contributed by atoms with Crippen LogP contribution in [0.5, 0.6) is 0 Å². The van der Waals surface area contributed by atoms with Crippen molar-refractivity contribution in [1.82, 2.24) is 14.7 Å². The van der Waals surface area contributed by atoms with Gasteiger partial charge >= 0.3 is 5.97 Å². The van der Waals surface area contributed by atoms with E-state index in [0.29, 0.717) is 12.0 Å². The molecule has 7 heteroatoms. The van der Waals surface area contributed by atoms with Crippen LogP contribution in [-0.4, -0.2) is 72.5 Å². The number of nitrogens with zero attached hydrogens (tertiary/aromatic N) is 3. The average Bonchev–Trinajstić information content (AvgIpc) is 3.20. The van der Waals surface area contributed by atoms with Crippen LogP contribution >= 0.6 is 0 Å².